The average molecular weight is 370 g/mol. The first-order valence-corrected chi connectivity index (χ1v) is 8.03. The molecule has 1 unspecified atom stereocenters. The van der Waals surface area contributed by atoms with Crippen LogP contribution in [-0.2, 0) is 4.74 Å². The predicted molar refractivity (Wildman–Crippen MR) is 85.8 cm³/mol. The summed E-state index contributed by atoms with van der Waals surface area (Å²) in [4.78, 5) is 24.9. The van der Waals surface area contributed by atoms with Crippen LogP contribution in [0.25, 0.3) is 0 Å². The maximum absolute atomic E-state index is 14.3. The van der Waals surface area contributed by atoms with Crippen LogP contribution in [0.3, 0.4) is 0 Å². The van der Waals surface area contributed by atoms with Gasteiger partial charge >= 0.3 is 12.2 Å². The van der Waals surface area contributed by atoms with Gasteiger partial charge in [-0.15, -0.1) is 0 Å². The van der Waals surface area contributed by atoms with Crippen molar-refractivity contribution >= 4 is 17.9 Å². The minimum absolute atomic E-state index is 0.107. The van der Waals surface area contributed by atoms with Crippen molar-refractivity contribution in [1.82, 2.24) is 4.90 Å². The number of anilines is 1. The molecule has 2 saturated heterocycles. The van der Waals surface area contributed by atoms with E-state index in [1.165, 1.54) is 17.0 Å². The highest BCUT2D eigenvalue weighted by Gasteiger charge is 2.39. The second kappa shape index (κ2) is 6.96. The van der Waals surface area contributed by atoms with Crippen molar-refractivity contribution in [1.29, 1.82) is 0 Å². The van der Waals surface area contributed by atoms with E-state index >= 15 is 0 Å². The largest absolute Gasteiger partial charge is 0.487 e. The Bertz CT molecular complexity index is 716. The van der Waals surface area contributed by atoms with Crippen LogP contribution in [0.5, 0.6) is 5.75 Å². The van der Waals surface area contributed by atoms with Crippen LogP contribution in [0.2, 0.25) is 0 Å². The van der Waals surface area contributed by atoms with E-state index in [2.05, 4.69) is 0 Å². The molecule has 2 fully saturated rings. The first kappa shape index (κ1) is 18.2. The fourth-order valence-corrected chi connectivity index (χ4v) is 2.95. The third-order valence-corrected chi connectivity index (χ3v) is 4.40. The summed E-state index contributed by atoms with van der Waals surface area (Å²) in [5, 5.41) is 28.3. The quantitative estimate of drug-likeness (QED) is 0.696. The van der Waals surface area contributed by atoms with Gasteiger partial charge in [0, 0.05) is 12.6 Å². The predicted octanol–water partition coefficient (Wildman–Crippen LogP) is 0.637. The Morgan fingerprint density at radius 2 is 2.23 bits per heavy atom. The number of ether oxygens (including phenoxy) is 2. The number of β-amino-alcohol motifs (C(OH)–C–C–N with tert-alkyl or cyclic N) is 1. The van der Waals surface area contributed by atoms with Gasteiger partial charge in [0.1, 0.15) is 18.3 Å². The molecule has 2 amide bonds. The van der Waals surface area contributed by atoms with Crippen LogP contribution in [0, 0.1) is 5.82 Å². The van der Waals surface area contributed by atoms with Crippen LogP contribution >= 0.6 is 0 Å². The summed E-state index contributed by atoms with van der Waals surface area (Å²) in [6, 6.07) is 3.87. The van der Waals surface area contributed by atoms with E-state index in [0.717, 1.165) is 11.0 Å². The zero-order chi connectivity index (χ0) is 18.9. The highest BCUT2D eigenvalue weighted by molar-refractivity contribution is 5.89. The topological polar surface area (TPSA) is 120 Å². The van der Waals surface area contributed by atoms with Gasteiger partial charge in [-0.1, -0.05) is 0 Å². The number of aliphatic hydroxyl groups is 2. The molecular formula is C16H19FN2O7. The standard InChI is InChI=1S/C16H19FN2O7/c17-12-5-10(19-6-11(7-20)26-15(19)23)1-2-13(12)25-9-16(24)3-4-18(8-16)14(21)22/h1-2,5,11,20,24H,3-4,6-9H2,(H,21,22)/t11-,16?/m1/s1. The fourth-order valence-electron chi connectivity index (χ4n) is 2.95. The molecule has 10 heteroatoms. The monoisotopic (exact) mass is 370 g/mol. The molecular weight excluding hydrogens is 351 g/mol. The summed E-state index contributed by atoms with van der Waals surface area (Å²) in [5.74, 6) is -0.860. The van der Waals surface area contributed by atoms with E-state index in [1.54, 1.807) is 0 Å². The molecule has 0 aliphatic carbocycles. The molecule has 3 N–H and O–H groups in total. The Labute approximate surface area is 148 Å². The number of hydrogen-bond acceptors (Lipinski definition) is 6. The first-order valence-electron chi connectivity index (χ1n) is 8.03. The maximum Gasteiger partial charge on any atom is 0.414 e. The van der Waals surface area contributed by atoms with Crippen molar-refractivity contribution in [2.75, 3.05) is 37.7 Å². The zero-order valence-electron chi connectivity index (χ0n) is 13.8. The van der Waals surface area contributed by atoms with Crippen molar-refractivity contribution in [2.24, 2.45) is 0 Å². The first-order chi connectivity index (χ1) is 12.3. The van der Waals surface area contributed by atoms with Crippen molar-refractivity contribution in [3.05, 3.63) is 24.0 Å². The molecule has 0 spiro atoms. The molecule has 1 aromatic carbocycles. The molecule has 3 rings (SSSR count). The third-order valence-electron chi connectivity index (χ3n) is 4.40. The summed E-state index contributed by atoms with van der Waals surface area (Å²) in [6.45, 7) is -0.396. The Kier molecular flexibility index (Phi) is 4.88. The summed E-state index contributed by atoms with van der Waals surface area (Å²) in [5.41, 5.74) is -1.12. The van der Waals surface area contributed by atoms with Gasteiger partial charge in [0.15, 0.2) is 11.6 Å². The van der Waals surface area contributed by atoms with Gasteiger partial charge in [0.25, 0.3) is 0 Å². The molecule has 2 heterocycles. The lowest BCUT2D eigenvalue weighted by Crippen LogP contribution is -2.40. The van der Waals surface area contributed by atoms with Crippen molar-refractivity contribution in [2.45, 2.75) is 18.1 Å². The maximum atomic E-state index is 14.3. The van der Waals surface area contributed by atoms with Gasteiger partial charge < -0.3 is 29.7 Å². The normalized spacial score (nSPS) is 25.5. The SMILES string of the molecule is O=C(O)N1CCC(O)(COc2ccc(N3C[C@H](CO)OC3=O)cc2F)C1. The molecule has 2 atom stereocenters. The van der Waals surface area contributed by atoms with E-state index in [-0.39, 0.29) is 50.7 Å². The molecule has 9 nitrogen and oxygen atoms in total. The zero-order valence-corrected chi connectivity index (χ0v) is 13.8. The number of aliphatic hydroxyl groups excluding tert-OH is 1. The fraction of sp³-hybridized carbons (Fsp3) is 0.500. The summed E-state index contributed by atoms with van der Waals surface area (Å²) in [6.07, 6.45) is -2.27. The lowest BCUT2D eigenvalue weighted by molar-refractivity contribution is 0.00371. The van der Waals surface area contributed by atoms with Crippen LogP contribution < -0.4 is 9.64 Å². The number of rotatable bonds is 5. The molecule has 142 valence electrons. The molecule has 0 bridgehead atoms. The number of nitrogens with zero attached hydrogens (tertiary/aromatic N) is 2. The van der Waals surface area contributed by atoms with Gasteiger partial charge in [-0.25, -0.2) is 14.0 Å². The molecule has 2 aliphatic heterocycles. The van der Waals surface area contributed by atoms with E-state index in [4.69, 9.17) is 19.7 Å². The molecule has 26 heavy (non-hydrogen) atoms. The molecule has 2 aliphatic rings. The van der Waals surface area contributed by atoms with Crippen molar-refractivity contribution in [3.63, 3.8) is 0 Å². The number of carboxylic acid groups (broad SMARTS) is 1. The van der Waals surface area contributed by atoms with Crippen molar-refractivity contribution < 1.29 is 38.8 Å². The van der Waals surface area contributed by atoms with Gasteiger partial charge in [-0.05, 0) is 18.6 Å². The number of benzene rings is 1. The van der Waals surface area contributed by atoms with E-state index in [9.17, 15) is 19.1 Å². The smallest absolute Gasteiger partial charge is 0.414 e. The minimum atomic E-state index is -1.38. The van der Waals surface area contributed by atoms with Crippen LogP contribution in [-0.4, -0.2) is 77.0 Å². The second-order valence-electron chi connectivity index (χ2n) is 6.38. The number of hydrogen-bond donors (Lipinski definition) is 3. The molecule has 0 saturated carbocycles. The Balaban J connectivity index is 1.64. The lowest BCUT2D eigenvalue weighted by atomic mass is 10.1. The summed E-state index contributed by atoms with van der Waals surface area (Å²) < 4.78 is 24.5. The lowest BCUT2D eigenvalue weighted by Gasteiger charge is -2.23. The van der Waals surface area contributed by atoms with E-state index in [1.807, 2.05) is 0 Å². The number of carbonyl (C=O) groups is 2. The van der Waals surface area contributed by atoms with Crippen LogP contribution in [0.15, 0.2) is 18.2 Å². The minimum Gasteiger partial charge on any atom is -0.487 e. The molecule has 1 aromatic rings. The highest BCUT2D eigenvalue weighted by Crippen LogP contribution is 2.29. The van der Waals surface area contributed by atoms with E-state index < -0.39 is 29.7 Å². The summed E-state index contributed by atoms with van der Waals surface area (Å²) in [7, 11) is 0. The number of carbonyl (C=O) groups excluding carboxylic acids is 1. The number of amides is 2. The Morgan fingerprint density at radius 3 is 2.81 bits per heavy atom. The van der Waals surface area contributed by atoms with Gasteiger partial charge in [-0.2, -0.15) is 0 Å². The van der Waals surface area contributed by atoms with E-state index in [0.29, 0.717) is 0 Å². The highest BCUT2D eigenvalue weighted by atomic mass is 19.1. The number of cyclic esters (lactones) is 1. The van der Waals surface area contributed by atoms with Gasteiger partial charge in [-0.3, -0.25) is 4.90 Å². The average Bonchev–Trinajstić information content (AvgIpc) is 3.17. The summed E-state index contributed by atoms with van der Waals surface area (Å²) >= 11 is 0. The molecule has 0 radical (unpaired) electrons. The third kappa shape index (κ3) is 3.65. The van der Waals surface area contributed by atoms with Crippen LogP contribution in [0.1, 0.15) is 6.42 Å². The Morgan fingerprint density at radius 1 is 1.46 bits per heavy atom. The molecule has 0 aromatic heterocycles. The van der Waals surface area contributed by atoms with Gasteiger partial charge in [0.05, 0.1) is 25.4 Å². The number of likely N-dealkylation sites (tertiary alicyclic amines) is 1. The Hall–Kier alpha value is -2.59. The second-order valence-corrected chi connectivity index (χ2v) is 6.38. The van der Waals surface area contributed by atoms with Crippen molar-refractivity contribution in [3.8, 4) is 5.75 Å². The number of halogens is 1. The van der Waals surface area contributed by atoms with Gasteiger partial charge in [0.2, 0.25) is 0 Å². The van der Waals surface area contributed by atoms with Crippen LogP contribution in [0.4, 0.5) is 19.7 Å².